The Bertz CT molecular complexity index is 1170. The number of carboxylic acid groups (broad SMARTS) is 1. The topological polar surface area (TPSA) is 124 Å². The molecule has 0 saturated carbocycles. The molecule has 0 aromatic carbocycles. The van der Waals surface area contributed by atoms with Crippen LogP contribution in [0.2, 0.25) is 0 Å². The Hall–Kier alpha value is 0.590. The summed E-state index contributed by atoms with van der Waals surface area (Å²) in [7, 11) is -4.57. The number of carboxylic acids is 1. The molecule has 0 aromatic rings. The maximum Gasteiger partial charge on any atom is 1.00 e. The van der Waals surface area contributed by atoms with Gasteiger partial charge >= 0.3 is 65.1 Å². The number of esters is 1. The molecule has 0 rings (SSSR count). The van der Waals surface area contributed by atoms with Crippen LogP contribution in [-0.4, -0.2) is 36.3 Å². The van der Waals surface area contributed by atoms with Gasteiger partial charge in [-0.25, -0.2) is 13.2 Å². The van der Waals surface area contributed by atoms with Crippen molar-refractivity contribution in [3.05, 3.63) is 11.1 Å². The summed E-state index contributed by atoms with van der Waals surface area (Å²) in [4.78, 5) is 27.5. The number of carbonyl (C=O) groups excluding carboxylic acids is 2. The largest absolute Gasteiger partial charge is 1.00 e. The van der Waals surface area contributed by atoms with Crippen molar-refractivity contribution in [2.45, 2.75) is 322 Å². The van der Waals surface area contributed by atoms with Gasteiger partial charge in [-0.2, -0.15) is 0 Å². The summed E-state index contributed by atoms with van der Waals surface area (Å²) in [6.45, 7) is 8.93. The predicted molar refractivity (Wildman–Crippen MR) is 266 cm³/mol. The minimum Gasteiger partial charge on any atom is -0.748 e. The Labute approximate surface area is 448 Å². The molecule has 7 nitrogen and oxygen atoms in total. The zero-order valence-electron chi connectivity index (χ0n) is 44.3. The zero-order chi connectivity index (χ0) is 46.5. The smallest absolute Gasteiger partial charge is 0.748 e. The first kappa shape index (κ1) is 69.8. The van der Waals surface area contributed by atoms with Crippen LogP contribution in [0, 0.1) is 0 Å². The van der Waals surface area contributed by atoms with Crippen molar-refractivity contribution in [1.29, 1.82) is 0 Å². The molecule has 0 aliphatic heterocycles. The van der Waals surface area contributed by atoms with E-state index in [0.29, 0.717) is 32.1 Å². The molecule has 0 heterocycles. The summed E-state index contributed by atoms with van der Waals surface area (Å²) in [6, 6.07) is 0. The van der Waals surface area contributed by atoms with Crippen LogP contribution < -0.4 is 64.2 Å². The molecular formula is C55H104Na2O7S. The van der Waals surface area contributed by atoms with Crippen molar-refractivity contribution in [2.24, 2.45) is 0 Å². The van der Waals surface area contributed by atoms with E-state index >= 15 is 0 Å². The fourth-order valence-corrected chi connectivity index (χ4v) is 9.92. The van der Waals surface area contributed by atoms with Gasteiger partial charge in [0.05, 0.1) is 16.1 Å². The van der Waals surface area contributed by atoms with E-state index in [0.717, 1.165) is 89.9 Å². The first-order valence-corrected chi connectivity index (χ1v) is 29.2. The van der Waals surface area contributed by atoms with Crippen molar-refractivity contribution in [3.63, 3.8) is 0 Å². The first-order chi connectivity index (χ1) is 30.6. The monoisotopic (exact) mass is 955 g/mol. The minimum atomic E-state index is -4.57. The summed E-state index contributed by atoms with van der Waals surface area (Å²) in [5.41, 5.74) is -0.879. The SMILES string of the molecule is CCCCCCCCCCCC/C(C(=O)[O-])=C(\CCCCCCCCCCCC)C(=O)OC(CCCCCCCCCCCC)(CCCCCCCCCCCC)CCS(=O)(=O)[O-].[Na+].[Na+]. The molecule has 0 saturated heterocycles. The van der Waals surface area contributed by atoms with Crippen LogP contribution in [0.3, 0.4) is 0 Å². The van der Waals surface area contributed by atoms with Gasteiger partial charge in [-0.15, -0.1) is 0 Å². The minimum absolute atomic E-state index is 0. The normalized spacial score (nSPS) is 12.1. The molecule has 0 atom stereocenters. The van der Waals surface area contributed by atoms with Crippen LogP contribution in [0.1, 0.15) is 317 Å². The summed E-state index contributed by atoms with van der Waals surface area (Å²) < 4.78 is 43.1. The van der Waals surface area contributed by atoms with E-state index in [9.17, 15) is 27.7 Å². The number of unbranched alkanes of at least 4 members (excludes halogenated alkanes) is 36. The molecule has 65 heavy (non-hydrogen) atoms. The number of hydrogen-bond acceptors (Lipinski definition) is 7. The van der Waals surface area contributed by atoms with Crippen LogP contribution in [-0.2, 0) is 24.4 Å². The molecule has 0 unspecified atom stereocenters. The van der Waals surface area contributed by atoms with Gasteiger partial charge in [-0.05, 0) is 56.9 Å². The molecule has 0 bridgehead atoms. The zero-order valence-corrected chi connectivity index (χ0v) is 49.1. The molecule has 0 spiro atoms. The Balaban J connectivity index is -0.0000192. The molecule has 0 N–H and O–H groups in total. The fraction of sp³-hybridized carbons (Fsp3) is 0.927. The average molecular weight is 955 g/mol. The number of aliphatic carboxylic acids is 1. The Morgan fingerprint density at radius 1 is 0.385 bits per heavy atom. The number of ether oxygens (including phenoxy) is 1. The van der Waals surface area contributed by atoms with Gasteiger partial charge in [0.1, 0.15) is 5.60 Å². The Morgan fingerprint density at radius 3 is 0.892 bits per heavy atom. The van der Waals surface area contributed by atoms with Crippen LogP contribution in [0.25, 0.3) is 0 Å². The maximum atomic E-state index is 14.6. The van der Waals surface area contributed by atoms with E-state index in [1.165, 1.54) is 154 Å². The van der Waals surface area contributed by atoms with Gasteiger partial charge < -0.3 is 19.2 Å². The fourth-order valence-electron chi connectivity index (χ4n) is 9.30. The molecule has 0 aliphatic carbocycles. The Kier molecular flexibility index (Phi) is 54.8. The van der Waals surface area contributed by atoms with Crippen LogP contribution in [0.5, 0.6) is 0 Å². The second-order valence-electron chi connectivity index (χ2n) is 19.6. The van der Waals surface area contributed by atoms with Gasteiger partial charge in [0.15, 0.2) is 0 Å². The van der Waals surface area contributed by atoms with Crippen molar-refractivity contribution in [2.75, 3.05) is 5.75 Å². The van der Waals surface area contributed by atoms with Gasteiger partial charge in [0.25, 0.3) is 0 Å². The first-order valence-electron chi connectivity index (χ1n) is 27.7. The van der Waals surface area contributed by atoms with Gasteiger partial charge in [0.2, 0.25) is 0 Å². The van der Waals surface area contributed by atoms with Gasteiger partial charge in [-0.1, -0.05) is 259 Å². The third-order valence-electron chi connectivity index (χ3n) is 13.5. The number of carbonyl (C=O) groups is 2. The second kappa shape index (κ2) is 51.0. The van der Waals surface area contributed by atoms with E-state index in [-0.39, 0.29) is 83.1 Å². The van der Waals surface area contributed by atoms with Crippen molar-refractivity contribution >= 4 is 22.1 Å². The summed E-state index contributed by atoms with van der Waals surface area (Å²) in [5.74, 6) is -2.54. The van der Waals surface area contributed by atoms with E-state index < -0.39 is 33.4 Å². The standard InChI is InChI=1S/C55H106O7S.2Na/c1-5-9-13-17-21-25-29-33-37-41-45-51(53(56)57)52(46-42-38-34-30-26-22-18-14-10-6-2)54(58)62-55(49-50-63(59,60)61,47-43-39-35-31-27-23-19-15-11-7-3)48-44-40-36-32-28-24-20-16-12-8-4;;/h5-50H2,1-4H3,(H,56,57)(H,59,60,61);;/q;2*+1/p-2/b52-51-;;. The summed E-state index contributed by atoms with van der Waals surface area (Å²) in [5, 5.41) is 12.9. The molecule has 0 radical (unpaired) electrons. The van der Waals surface area contributed by atoms with Crippen LogP contribution >= 0.6 is 0 Å². The molecule has 0 aliphatic rings. The molecule has 0 amide bonds. The van der Waals surface area contributed by atoms with E-state index in [1.54, 1.807) is 0 Å². The van der Waals surface area contributed by atoms with E-state index in [4.69, 9.17) is 4.74 Å². The molecule has 0 fully saturated rings. The third kappa shape index (κ3) is 45.5. The number of rotatable bonds is 50. The maximum absolute atomic E-state index is 14.6. The second-order valence-corrected chi connectivity index (χ2v) is 21.1. The molecule has 10 heteroatoms. The van der Waals surface area contributed by atoms with Crippen molar-refractivity contribution in [1.82, 2.24) is 0 Å². The Morgan fingerprint density at radius 2 is 0.631 bits per heavy atom. The van der Waals surface area contributed by atoms with Gasteiger partial charge in [0, 0.05) is 17.7 Å². The third-order valence-corrected chi connectivity index (χ3v) is 14.2. The molecule has 374 valence electrons. The van der Waals surface area contributed by atoms with E-state index in [2.05, 4.69) is 27.7 Å². The van der Waals surface area contributed by atoms with Crippen molar-refractivity contribution in [3.8, 4) is 0 Å². The average Bonchev–Trinajstić information content (AvgIpc) is 3.25. The van der Waals surface area contributed by atoms with E-state index in [1.807, 2.05) is 0 Å². The number of hydrogen-bond donors (Lipinski definition) is 0. The summed E-state index contributed by atoms with van der Waals surface area (Å²) >= 11 is 0. The van der Waals surface area contributed by atoms with Crippen LogP contribution in [0.15, 0.2) is 11.1 Å². The van der Waals surface area contributed by atoms with Crippen LogP contribution in [0.4, 0.5) is 0 Å². The van der Waals surface area contributed by atoms with Crippen molar-refractivity contribution < 1.29 is 91.5 Å². The molecule has 0 aromatic heterocycles. The predicted octanol–water partition coefficient (Wildman–Crippen LogP) is 10.5. The summed E-state index contributed by atoms with van der Waals surface area (Å²) in [6.07, 6.45) is 47.0. The molecular weight excluding hydrogens is 851 g/mol. The quantitative estimate of drug-likeness (QED) is 0.0196. The van der Waals surface area contributed by atoms with Gasteiger partial charge in [-0.3, -0.25) is 0 Å².